The van der Waals surface area contributed by atoms with Crippen LogP contribution in [0.1, 0.15) is 26.3 Å². The molecule has 1 aromatic rings. The van der Waals surface area contributed by atoms with Crippen LogP contribution in [0.4, 0.5) is 0 Å². The largest absolute Gasteiger partial charge is 0.481 e. The fourth-order valence-corrected chi connectivity index (χ4v) is 1.88. The highest BCUT2D eigenvalue weighted by molar-refractivity contribution is 5.86. The number of benzene rings is 1. The molecule has 8 heteroatoms. The number of nitriles is 1. The molecule has 0 aliphatic rings. The fourth-order valence-electron chi connectivity index (χ4n) is 1.88. The second-order valence-corrected chi connectivity index (χ2v) is 6.61. The van der Waals surface area contributed by atoms with Crippen LogP contribution < -0.4 is 10.1 Å². The number of rotatable bonds is 7. The van der Waals surface area contributed by atoms with Crippen molar-refractivity contribution in [2.75, 3.05) is 26.8 Å². The molecule has 8 nitrogen and oxygen atoms in total. The summed E-state index contributed by atoms with van der Waals surface area (Å²) in [5.74, 6) is -1.32. The van der Waals surface area contributed by atoms with Gasteiger partial charge in [0.2, 0.25) is 5.91 Å². The van der Waals surface area contributed by atoms with Crippen molar-refractivity contribution in [3.63, 3.8) is 0 Å². The van der Waals surface area contributed by atoms with E-state index in [1.165, 1.54) is 11.9 Å². The standard InChI is InChI=1S/C18H23N3O5/c1-18(2,3)20-15(22)10-21(4)16(23)11-26-17(24)12-25-14-8-6-5-7-13(14)9-19/h5-8H,10-12H2,1-4H3,(H,20,22). The van der Waals surface area contributed by atoms with E-state index >= 15 is 0 Å². The van der Waals surface area contributed by atoms with Crippen LogP contribution in [0.15, 0.2) is 24.3 Å². The Labute approximate surface area is 152 Å². The third kappa shape index (κ3) is 7.66. The molecule has 2 amide bonds. The molecular weight excluding hydrogens is 338 g/mol. The van der Waals surface area contributed by atoms with Gasteiger partial charge in [-0.1, -0.05) is 12.1 Å². The Kier molecular flexibility index (Phi) is 7.59. The van der Waals surface area contributed by atoms with Gasteiger partial charge in [-0.25, -0.2) is 4.79 Å². The number of carbonyl (C=O) groups is 3. The first-order valence-corrected chi connectivity index (χ1v) is 7.95. The van der Waals surface area contributed by atoms with E-state index in [0.29, 0.717) is 5.56 Å². The maximum absolute atomic E-state index is 11.9. The zero-order valence-corrected chi connectivity index (χ0v) is 15.4. The zero-order chi connectivity index (χ0) is 19.7. The minimum atomic E-state index is -0.751. The highest BCUT2D eigenvalue weighted by Gasteiger charge is 2.19. The van der Waals surface area contributed by atoms with Gasteiger partial charge >= 0.3 is 5.97 Å². The predicted molar refractivity (Wildman–Crippen MR) is 93.1 cm³/mol. The van der Waals surface area contributed by atoms with Crippen LogP contribution in [-0.4, -0.2) is 55.0 Å². The maximum Gasteiger partial charge on any atom is 0.344 e. The average molecular weight is 361 g/mol. The summed E-state index contributed by atoms with van der Waals surface area (Å²) in [7, 11) is 1.44. The van der Waals surface area contributed by atoms with Gasteiger partial charge in [-0.2, -0.15) is 5.26 Å². The molecule has 0 atom stereocenters. The fraction of sp³-hybridized carbons (Fsp3) is 0.444. The molecule has 0 saturated heterocycles. The Bertz CT molecular complexity index is 704. The summed E-state index contributed by atoms with van der Waals surface area (Å²) in [5, 5.41) is 11.7. The first kappa shape index (κ1) is 21.0. The lowest BCUT2D eigenvalue weighted by Crippen LogP contribution is -2.47. The lowest BCUT2D eigenvalue weighted by atomic mass is 10.1. The molecule has 0 bridgehead atoms. The minimum absolute atomic E-state index is 0.139. The SMILES string of the molecule is CN(CC(=O)NC(C)(C)C)C(=O)COC(=O)COc1ccccc1C#N. The van der Waals surface area contributed by atoms with Crippen LogP contribution in [0.3, 0.4) is 0 Å². The summed E-state index contributed by atoms with van der Waals surface area (Å²) in [5.41, 5.74) is -0.106. The maximum atomic E-state index is 11.9. The van der Waals surface area contributed by atoms with Crippen molar-refractivity contribution in [3.8, 4) is 11.8 Å². The molecule has 0 aliphatic carbocycles. The van der Waals surface area contributed by atoms with Gasteiger partial charge in [0.25, 0.3) is 5.91 Å². The molecule has 0 heterocycles. The summed E-state index contributed by atoms with van der Waals surface area (Å²) in [4.78, 5) is 36.5. The van der Waals surface area contributed by atoms with Crippen LogP contribution in [0, 0.1) is 11.3 Å². The Morgan fingerprint density at radius 3 is 2.46 bits per heavy atom. The molecule has 0 radical (unpaired) electrons. The number of hydrogen-bond acceptors (Lipinski definition) is 6. The first-order valence-electron chi connectivity index (χ1n) is 7.95. The van der Waals surface area contributed by atoms with E-state index in [1.807, 2.05) is 26.8 Å². The Hall–Kier alpha value is -3.08. The van der Waals surface area contributed by atoms with Crippen LogP contribution >= 0.6 is 0 Å². The number of nitrogens with one attached hydrogen (secondary N) is 1. The summed E-state index contributed by atoms with van der Waals surface area (Å²) in [6.07, 6.45) is 0. The minimum Gasteiger partial charge on any atom is -0.481 e. The quantitative estimate of drug-likeness (QED) is 0.721. The van der Waals surface area contributed by atoms with Crippen molar-refractivity contribution in [2.24, 2.45) is 0 Å². The van der Waals surface area contributed by atoms with E-state index in [2.05, 4.69) is 5.32 Å². The van der Waals surface area contributed by atoms with Crippen molar-refractivity contribution in [1.29, 1.82) is 5.26 Å². The van der Waals surface area contributed by atoms with Gasteiger partial charge in [0.05, 0.1) is 12.1 Å². The van der Waals surface area contributed by atoms with E-state index in [-0.39, 0.29) is 18.2 Å². The van der Waals surface area contributed by atoms with E-state index < -0.39 is 30.6 Å². The molecule has 1 rings (SSSR count). The number of likely N-dealkylation sites (N-methyl/N-ethyl adjacent to an activating group) is 1. The van der Waals surface area contributed by atoms with E-state index in [9.17, 15) is 14.4 Å². The molecule has 0 aromatic heterocycles. The number of para-hydroxylation sites is 1. The van der Waals surface area contributed by atoms with Gasteiger partial charge in [-0.3, -0.25) is 9.59 Å². The normalized spacial score (nSPS) is 10.4. The smallest absolute Gasteiger partial charge is 0.344 e. The lowest BCUT2D eigenvalue weighted by Gasteiger charge is -2.23. The number of esters is 1. The molecule has 1 aromatic carbocycles. The van der Waals surface area contributed by atoms with Crippen LogP contribution in [0.5, 0.6) is 5.75 Å². The molecule has 0 spiro atoms. The van der Waals surface area contributed by atoms with Gasteiger partial charge in [0, 0.05) is 12.6 Å². The van der Waals surface area contributed by atoms with Crippen molar-refractivity contribution < 1.29 is 23.9 Å². The third-order valence-electron chi connectivity index (χ3n) is 3.03. The first-order chi connectivity index (χ1) is 12.1. The van der Waals surface area contributed by atoms with Crippen molar-refractivity contribution in [2.45, 2.75) is 26.3 Å². The molecule has 0 fully saturated rings. The van der Waals surface area contributed by atoms with Crippen LogP contribution in [0.25, 0.3) is 0 Å². The summed E-state index contributed by atoms with van der Waals surface area (Å²) >= 11 is 0. The van der Waals surface area contributed by atoms with Gasteiger partial charge in [0.1, 0.15) is 11.8 Å². The second kappa shape index (κ2) is 9.42. The van der Waals surface area contributed by atoms with Crippen molar-refractivity contribution in [1.82, 2.24) is 10.2 Å². The molecular formula is C18H23N3O5. The number of carbonyl (C=O) groups excluding carboxylic acids is 3. The molecule has 1 N–H and O–H groups in total. The lowest BCUT2D eigenvalue weighted by molar-refractivity contribution is -0.153. The number of nitrogens with zero attached hydrogens (tertiary/aromatic N) is 2. The Morgan fingerprint density at radius 1 is 1.19 bits per heavy atom. The molecule has 0 saturated carbocycles. The van der Waals surface area contributed by atoms with E-state index in [4.69, 9.17) is 14.7 Å². The summed E-state index contributed by atoms with van der Waals surface area (Å²) in [6, 6.07) is 8.40. The summed E-state index contributed by atoms with van der Waals surface area (Å²) < 4.78 is 10.0. The van der Waals surface area contributed by atoms with E-state index in [0.717, 1.165) is 0 Å². The molecule has 0 unspecified atom stereocenters. The number of ether oxygens (including phenoxy) is 2. The van der Waals surface area contributed by atoms with Crippen molar-refractivity contribution >= 4 is 17.8 Å². The van der Waals surface area contributed by atoms with Crippen LogP contribution in [0.2, 0.25) is 0 Å². The zero-order valence-electron chi connectivity index (χ0n) is 15.4. The van der Waals surface area contributed by atoms with E-state index in [1.54, 1.807) is 24.3 Å². The van der Waals surface area contributed by atoms with Crippen LogP contribution in [-0.2, 0) is 19.1 Å². The van der Waals surface area contributed by atoms with Crippen molar-refractivity contribution in [3.05, 3.63) is 29.8 Å². The molecule has 26 heavy (non-hydrogen) atoms. The molecule has 140 valence electrons. The summed E-state index contributed by atoms with van der Waals surface area (Å²) in [6.45, 7) is 4.43. The highest BCUT2D eigenvalue weighted by Crippen LogP contribution is 2.16. The third-order valence-corrected chi connectivity index (χ3v) is 3.03. The second-order valence-electron chi connectivity index (χ2n) is 6.61. The van der Waals surface area contributed by atoms with Gasteiger partial charge < -0.3 is 19.7 Å². The monoisotopic (exact) mass is 361 g/mol. The number of hydrogen-bond donors (Lipinski definition) is 1. The van der Waals surface area contributed by atoms with Gasteiger partial charge in [-0.05, 0) is 32.9 Å². The Balaban J connectivity index is 2.38. The average Bonchev–Trinajstić information content (AvgIpc) is 2.56. The van der Waals surface area contributed by atoms with Gasteiger partial charge in [0.15, 0.2) is 13.2 Å². The molecule has 0 aliphatic heterocycles. The Morgan fingerprint density at radius 2 is 1.85 bits per heavy atom. The predicted octanol–water partition coefficient (Wildman–Crippen LogP) is 0.853. The number of amides is 2. The highest BCUT2D eigenvalue weighted by atomic mass is 16.6. The van der Waals surface area contributed by atoms with Gasteiger partial charge in [-0.15, -0.1) is 0 Å². The topological polar surface area (TPSA) is 109 Å².